The Hall–Kier alpha value is -8.10. The van der Waals surface area contributed by atoms with E-state index in [9.17, 15) is 19.2 Å². The zero-order valence-corrected chi connectivity index (χ0v) is 49.7. The van der Waals surface area contributed by atoms with Crippen LogP contribution in [0.15, 0.2) is 85.6 Å². The Morgan fingerprint density at radius 3 is 1.51 bits per heavy atom. The number of benzene rings is 4. The minimum absolute atomic E-state index is 0.0466. The number of ether oxygens (including phenoxy) is 4. The van der Waals surface area contributed by atoms with E-state index < -0.39 is 19.1 Å². The van der Waals surface area contributed by atoms with Gasteiger partial charge in [0.25, 0.3) is 0 Å². The van der Waals surface area contributed by atoms with Crippen LogP contribution in [0, 0.1) is 0 Å². The van der Waals surface area contributed by atoms with E-state index in [1.54, 1.807) is 32.0 Å². The molecule has 0 atom stereocenters. The van der Waals surface area contributed by atoms with E-state index in [1.807, 2.05) is 24.3 Å². The number of nitrogens with one attached hydrogen (secondary N) is 2. The lowest BCUT2D eigenvalue weighted by Gasteiger charge is -2.19. The zero-order valence-electron chi connectivity index (χ0n) is 46.5. The van der Waals surface area contributed by atoms with Crippen LogP contribution in [0.25, 0.3) is 73.1 Å². The highest BCUT2D eigenvalue weighted by molar-refractivity contribution is 9.10. The van der Waals surface area contributed by atoms with Gasteiger partial charge in [-0.1, -0.05) is 78.5 Å². The van der Waals surface area contributed by atoms with E-state index in [0.717, 1.165) is 41.9 Å². The average molecular weight is 1230 g/mol. The number of carbonyl (C=O) groups excluding carboxylic acids is 4. The van der Waals surface area contributed by atoms with Gasteiger partial charge in [-0.25, -0.2) is 9.59 Å². The SMILES string of the molecule is CCOC(=O)c1c(NC(C)=O)sc2c(OCCN(CC)CC)c(-c3cc(CN=[N+]=[N-])cc(N=[N+]=[N-])c3)ccc12.CCOC(=O)c1c(NC(C)=O)sc2c(OCCN(CC)CC)c(Br)ccc12.[N-]=[N+]=NCc1cc(N=[N+]=[N-])cc(B(O)O)c1. The number of nitrogens with zero attached hydrogens (tertiary/aromatic N) is 14. The molecule has 0 aliphatic carbocycles. The third-order valence-electron chi connectivity index (χ3n) is 11.8. The summed E-state index contributed by atoms with van der Waals surface area (Å²) in [5.41, 5.74) is 38.2. The van der Waals surface area contributed by atoms with E-state index in [-0.39, 0.29) is 54.8 Å². The summed E-state index contributed by atoms with van der Waals surface area (Å²) in [5.74, 6) is -0.372. The maximum absolute atomic E-state index is 12.9. The first-order valence-corrected chi connectivity index (χ1v) is 28.1. The molecule has 2 amide bonds. The van der Waals surface area contributed by atoms with Crippen LogP contribution < -0.4 is 25.6 Å². The number of amides is 2. The van der Waals surface area contributed by atoms with E-state index in [1.165, 1.54) is 54.7 Å². The summed E-state index contributed by atoms with van der Waals surface area (Å²) in [4.78, 5) is 64.3. The van der Waals surface area contributed by atoms with Crippen LogP contribution in [0.5, 0.6) is 11.5 Å². The lowest BCUT2D eigenvalue weighted by molar-refractivity contribution is -0.115. The van der Waals surface area contributed by atoms with E-state index in [4.69, 9.17) is 51.1 Å². The van der Waals surface area contributed by atoms with Gasteiger partial charge in [0.1, 0.15) is 40.1 Å². The number of carbonyl (C=O) groups is 4. The number of fused-ring (bicyclic) bond motifs is 2. The molecule has 82 heavy (non-hydrogen) atoms. The molecule has 0 saturated carbocycles. The Balaban J connectivity index is 0.000000290. The highest BCUT2D eigenvalue weighted by Crippen LogP contribution is 2.47. The molecule has 30 heteroatoms. The molecule has 0 aliphatic heterocycles. The molecule has 0 saturated heterocycles. The Kier molecular flexibility index (Phi) is 27.7. The minimum atomic E-state index is -1.67. The number of anilines is 2. The van der Waals surface area contributed by atoms with Crippen molar-refractivity contribution >= 4 is 116 Å². The van der Waals surface area contributed by atoms with Gasteiger partial charge in [-0.3, -0.25) is 9.59 Å². The number of rotatable bonds is 26. The van der Waals surface area contributed by atoms with E-state index in [2.05, 4.69) is 104 Å². The second-order valence-corrected chi connectivity index (χ2v) is 20.0. The van der Waals surface area contributed by atoms with Gasteiger partial charge in [0.2, 0.25) is 11.8 Å². The van der Waals surface area contributed by atoms with Gasteiger partial charge < -0.3 is 49.4 Å². The van der Waals surface area contributed by atoms with Crippen molar-refractivity contribution < 1.29 is 48.2 Å². The summed E-state index contributed by atoms with van der Waals surface area (Å²) in [5, 5.41) is 39.7. The summed E-state index contributed by atoms with van der Waals surface area (Å²) >= 11 is 6.08. The Labute approximate surface area is 489 Å². The van der Waals surface area contributed by atoms with Crippen LogP contribution in [0.2, 0.25) is 0 Å². The molecular formula is C52H62BBrN16O10S2. The van der Waals surface area contributed by atoms with Gasteiger partial charge >= 0.3 is 19.1 Å². The quantitative estimate of drug-likeness (QED) is 0.0129. The van der Waals surface area contributed by atoms with Gasteiger partial charge in [-0.2, -0.15) is 0 Å². The second-order valence-electron chi connectivity index (χ2n) is 17.1. The normalized spacial score (nSPS) is 10.4. The highest BCUT2D eigenvalue weighted by Gasteiger charge is 2.27. The molecule has 6 rings (SSSR count). The first-order valence-electron chi connectivity index (χ1n) is 25.7. The fourth-order valence-corrected chi connectivity index (χ4v) is 11.0. The molecule has 26 nitrogen and oxygen atoms in total. The van der Waals surface area contributed by atoms with E-state index >= 15 is 0 Å². The Morgan fingerprint density at radius 1 is 0.622 bits per heavy atom. The molecule has 0 radical (unpaired) electrons. The first kappa shape index (κ1) is 66.4. The van der Waals surface area contributed by atoms with Crippen LogP contribution in [-0.4, -0.2) is 116 Å². The maximum Gasteiger partial charge on any atom is 0.488 e. The highest BCUT2D eigenvalue weighted by atomic mass is 79.9. The first-order chi connectivity index (χ1) is 39.4. The number of thiophene rings is 2. The smallest absolute Gasteiger partial charge is 0.488 e. The molecular weight excluding hydrogens is 1160 g/mol. The van der Waals surface area contributed by atoms with Crippen molar-refractivity contribution in [3.05, 3.63) is 129 Å². The third-order valence-corrected chi connectivity index (χ3v) is 14.6. The fourth-order valence-electron chi connectivity index (χ4n) is 8.00. The van der Waals surface area contributed by atoms with Gasteiger partial charge in [-0.05, 0) is 131 Å². The predicted octanol–water partition coefficient (Wildman–Crippen LogP) is 12.8. The van der Waals surface area contributed by atoms with Crippen LogP contribution >= 0.6 is 38.6 Å². The van der Waals surface area contributed by atoms with Gasteiger partial charge in [0.15, 0.2) is 5.75 Å². The number of azide groups is 4. The summed E-state index contributed by atoms with van der Waals surface area (Å²) in [6, 6.07) is 16.8. The summed E-state index contributed by atoms with van der Waals surface area (Å²) in [6.07, 6.45) is 0. The molecule has 0 spiro atoms. The molecule has 4 aromatic carbocycles. The summed E-state index contributed by atoms with van der Waals surface area (Å²) in [6.45, 7) is 21.3. The Morgan fingerprint density at radius 2 is 1.07 bits per heavy atom. The molecule has 0 aliphatic rings. The van der Waals surface area contributed by atoms with Crippen molar-refractivity contribution in [3.8, 4) is 22.6 Å². The number of halogens is 1. The van der Waals surface area contributed by atoms with Crippen molar-refractivity contribution in [3.63, 3.8) is 0 Å². The summed E-state index contributed by atoms with van der Waals surface area (Å²) < 4.78 is 25.2. The molecule has 2 heterocycles. The van der Waals surface area contributed by atoms with Crippen LogP contribution in [-0.2, 0) is 32.2 Å². The minimum Gasteiger partial charge on any atom is -0.490 e. The number of hydrogen-bond donors (Lipinski definition) is 4. The van der Waals surface area contributed by atoms with E-state index in [0.29, 0.717) is 90.2 Å². The molecule has 6 aromatic rings. The Bertz CT molecular complexity index is 3420. The number of likely N-dealkylation sites (N-methyl/N-ethyl adjacent to an activating group) is 2. The van der Waals surface area contributed by atoms with Crippen molar-refractivity contribution in [2.75, 3.05) is 76.3 Å². The third kappa shape index (κ3) is 19.0. The number of hydrogen-bond acceptors (Lipinski definition) is 18. The predicted molar refractivity (Wildman–Crippen MR) is 323 cm³/mol. The molecule has 0 fully saturated rings. The average Bonchev–Trinajstić information content (AvgIpc) is 2.79. The van der Waals surface area contributed by atoms with Crippen molar-refractivity contribution in [2.24, 2.45) is 20.5 Å². The largest absolute Gasteiger partial charge is 0.490 e. The standard InChI is InChI=1S/C26H30N8O4S.C19H25BrN2O4S.C7H7BN6O2/c1-5-34(6-2)10-11-38-23-20(18-12-17(15-29-32-27)13-19(14-18)31-33-28)8-9-21-22(26(36)37-7-3)25(30-16(4)35)39-24(21)23;1-5-22(6-2)10-11-26-16-14(20)9-8-13-15(19(24)25-7-3)18(21-12(4)23)27-17(13)16;9-13-11-4-5-1-6(8(15)16)3-7(2-5)12-14-10/h8-9,12-14H,5-7,10-11,15H2,1-4H3,(H,30,35);8-9H,5-7,10-11H2,1-4H3,(H,21,23);1-3,15-16H,4H2. The maximum atomic E-state index is 12.9. The van der Waals surface area contributed by atoms with Gasteiger partial charge in [0.05, 0.1) is 40.2 Å². The lowest BCUT2D eigenvalue weighted by Crippen LogP contribution is -2.29. The lowest BCUT2D eigenvalue weighted by atomic mass is 9.79. The van der Waals surface area contributed by atoms with Crippen molar-refractivity contribution in [2.45, 2.75) is 68.5 Å². The van der Waals surface area contributed by atoms with Crippen LogP contribution in [0.4, 0.5) is 21.4 Å². The molecule has 2 aromatic heterocycles. The molecule has 432 valence electrons. The van der Waals surface area contributed by atoms with Crippen molar-refractivity contribution in [1.82, 2.24) is 9.80 Å². The molecule has 0 bridgehead atoms. The zero-order chi connectivity index (χ0) is 60.3. The van der Waals surface area contributed by atoms with Crippen LogP contribution in [0.1, 0.15) is 87.2 Å². The van der Waals surface area contributed by atoms with Gasteiger partial charge in [0, 0.05) is 74.3 Å². The molecule has 4 N–H and O–H groups in total. The number of esters is 2. The fraction of sp³-hybridized carbons (Fsp3) is 0.385. The molecule has 0 unspecified atom stereocenters. The van der Waals surface area contributed by atoms with Gasteiger partial charge in [-0.15, -0.1) is 22.7 Å². The van der Waals surface area contributed by atoms with Crippen LogP contribution in [0.3, 0.4) is 0 Å². The monoisotopic (exact) mass is 1220 g/mol. The van der Waals surface area contributed by atoms with Crippen molar-refractivity contribution in [1.29, 1.82) is 0 Å². The topological polar surface area (TPSA) is 371 Å². The summed E-state index contributed by atoms with van der Waals surface area (Å²) in [7, 11) is -1.67. The second kappa shape index (κ2) is 34.3.